The third-order valence-corrected chi connectivity index (χ3v) is 6.76. The number of nitrogens with two attached hydrogens (primary N) is 1. The van der Waals surface area contributed by atoms with Crippen molar-refractivity contribution in [2.24, 2.45) is 17.8 Å². The first kappa shape index (κ1) is 17.0. The van der Waals surface area contributed by atoms with Gasteiger partial charge in [0.25, 0.3) is 0 Å². The molecule has 0 amide bonds. The maximum absolute atomic E-state index is 10.0. The van der Waals surface area contributed by atoms with E-state index in [0.29, 0.717) is 17.6 Å². The summed E-state index contributed by atoms with van der Waals surface area (Å²) < 4.78 is 0. The van der Waals surface area contributed by atoms with E-state index in [4.69, 9.17) is 0 Å². The molecule has 3 fully saturated rings. The Morgan fingerprint density at radius 2 is 2.12 bits per heavy atom. The number of piperidine rings is 2. The lowest BCUT2D eigenvalue weighted by molar-refractivity contribution is -0.724. The van der Waals surface area contributed by atoms with Crippen LogP contribution in [0.2, 0.25) is 0 Å². The molecular weight excluding hydrogens is 308 g/mol. The first-order valence-corrected chi connectivity index (χ1v) is 10.2. The molecule has 3 heterocycles. The fraction of sp³-hybridized carbons (Fsp3) is 0.636. The minimum absolute atomic E-state index is 0.381. The molecule has 2 bridgehead atoms. The maximum atomic E-state index is 10.0. The van der Waals surface area contributed by atoms with Gasteiger partial charge in [-0.05, 0) is 61.8 Å². The molecule has 0 unspecified atom stereocenters. The largest absolute Gasteiger partial charge is 0.508 e. The summed E-state index contributed by atoms with van der Waals surface area (Å²) in [6.45, 7) is 8.28. The number of hydrogen-bond donors (Lipinski definition) is 3. The Morgan fingerprint density at radius 1 is 1.28 bits per heavy atom. The molecule has 5 rings (SSSR count). The second-order valence-electron chi connectivity index (χ2n) is 8.84. The molecule has 4 N–H and O–H groups in total. The second kappa shape index (κ2) is 6.68. The van der Waals surface area contributed by atoms with E-state index >= 15 is 0 Å². The van der Waals surface area contributed by atoms with Crippen molar-refractivity contribution in [1.29, 1.82) is 0 Å². The molecule has 3 nitrogen and oxygen atoms in total. The highest BCUT2D eigenvalue weighted by molar-refractivity contribution is 5.86. The molecule has 0 spiro atoms. The quantitative estimate of drug-likeness (QED) is 0.758. The van der Waals surface area contributed by atoms with Crippen molar-refractivity contribution in [2.75, 3.05) is 6.54 Å². The van der Waals surface area contributed by atoms with Crippen molar-refractivity contribution in [1.82, 2.24) is 4.98 Å². The van der Waals surface area contributed by atoms with Gasteiger partial charge < -0.3 is 15.4 Å². The molecule has 25 heavy (non-hydrogen) atoms. The van der Waals surface area contributed by atoms with Crippen LogP contribution in [0.5, 0.6) is 5.75 Å². The van der Waals surface area contributed by atoms with Gasteiger partial charge in [0.05, 0.1) is 18.5 Å². The molecule has 3 aliphatic rings. The van der Waals surface area contributed by atoms with Gasteiger partial charge in [-0.2, -0.15) is 0 Å². The monoisotopic (exact) mass is 341 g/mol. The summed E-state index contributed by atoms with van der Waals surface area (Å²) in [6.07, 6.45) is 6.39. The van der Waals surface area contributed by atoms with Gasteiger partial charge in [0, 0.05) is 28.4 Å². The molecule has 2 aliphatic heterocycles. The molecule has 2 aromatic rings. The molecule has 136 valence electrons. The van der Waals surface area contributed by atoms with Crippen molar-refractivity contribution in [3.8, 4) is 5.75 Å². The number of aromatic nitrogens is 1. The number of phenols is 1. The van der Waals surface area contributed by atoms with Crippen LogP contribution in [0.4, 0.5) is 0 Å². The normalized spacial score (nSPS) is 29.0. The lowest BCUT2D eigenvalue weighted by atomic mass is 9.65. The molecule has 2 saturated heterocycles. The van der Waals surface area contributed by atoms with Crippen LogP contribution in [0.3, 0.4) is 0 Å². The Labute approximate surface area is 151 Å². The van der Waals surface area contributed by atoms with Crippen LogP contribution >= 0.6 is 0 Å². The first-order valence-electron chi connectivity index (χ1n) is 10.2. The molecule has 1 aromatic carbocycles. The third-order valence-electron chi connectivity index (χ3n) is 6.76. The highest BCUT2D eigenvalue weighted by atomic mass is 16.3. The van der Waals surface area contributed by atoms with Crippen LogP contribution in [0.25, 0.3) is 10.9 Å². The fourth-order valence-electron chi connectivity index (χ4n) is 5.45. The number of H-pyrrole nitrogens is 1. The molecule has 3 heteroatoms. The number of aromatic amines is 1. The minimum Gasteiger partial charge on any atom is -0.508 e. The van der Waals surface area contributed by atoms with Gasteiger partial charge >= 0.3 is 0 Å². The second-order valence-corrected chi connectivity index (χ2v) is 8.84. The van der Waals surface area contributed by atoms with Gasteiger partial charge in [-0.3, -0.25) is 0 Å². The smallest absolute Gasteiger partial charge is 0.116 e. The van der Waals surface area contributed by atoms with Crippen molar-refractivity contribution in [3.63, 3.8) is 0 Å². The Balaban J connectivity index is 1.76. The van der Waals surface area contributed by atoms with E-state index in [9.17, 15) is 5.11 Å². The number of phenolic OH excluding ortho intramolecular Hbond substituents is 1. The van der Waals surface area contributed by atoms with Gasteiger partial charge in [0.2, 0.25) is 0 Å². The Kier molecular flexibility index (Phi) is 4.53. The Bertz CT molecular complexity index is 748. The van der Waals surface area contributed by atoms with Gasteiger partial charge in [-0.1, -0.05) is 20.8 Å². The molecule has 1 aliphatic carbocycles. The van der Waals surface area contributed by atoms with E-state index in [0.717, 1.165) is 24.3 Å². The van der Waals surface area contributed by atoms with E-state index in [1.165, 1.54) is 54.4 Å². The number of aryl methyl sites for hydroxylation is 1. The average Bonchev–Trinajstić information content (AvgIpc) is 2.97. The van der Waals surface area contributed by atoms with Gasteiger partial charge in [0.1, 0.15) is 5.75 Å². The zero-order valence-corrected chi connectivity index (χ0v) is 15.9. The molecule has 1 aromatic heterocycles. The predicted molar refractivity (Wildman–Crippen MR) is 103 cm³/mol. The SMILES string of the molecule is CC[C@H]1C[C@H]2C[NH2+][C@@H]1[C@H](c1[nH]c3ccc(O)cc3c1CCC(C)C)C2. The van der Waals surface area contributed by atoms with Gasteiger partial charge in [-0.25, -0.2) is 0 Å². The summed E-state index contributed by atoms with van der Waals surface area (Å²) in [5, 5.41) is 13.9. The number of rotatable bonds is 5. The third kappa shape index (κ3) is 3.08. The van der Waals surface area contributed by atoms with Gasteiger partial charge in [0.15, 0.2) is 0 Å². The minimum atomic E-state index is 0.381. The zero-order chi connectivity index (χ0) is 17.6. The van der Waals surface area contributed by atoms with Crippen molar-refractivity contribution in [3.05, 3.63) is 29.5 Å². The van der Waals surface area contributed by atoms with Crippen LogP contribution in [0, 0.1) is 17.8 Å². The van der Waals surface area contributed by atoms with Crippen LogP contribution in [0.15, 0.2) is 18.2 Å². The zero-order valence-electron chi connectivity index (χ0n) is 15.9. The lowest BCUT2D eigenvalue weighted by Gasteiger charge is -2.45. The highest BCUT2D eigenvalue weighted by Gasteiger charge is 2.46. The van der Waals surface area contributed by atoms with E-state index in [1.54, 1.807) is 0 Å². The van der Waals surface area contributed by atoms with Crippen LogP contribution in [0.1, 0.15) is 63.6 Å². The van der Waals surface area contributed by atoms with Crippen molar-refractivity contribution in [2.45, 2.75) is 64.8 Å². The van der Waals surface area contributed by atoms with E-state index in [2.05, 4.69) is 37.1 Å². The number of fused-ring (bicyclic) bond motifs is 4. The summed E-state index contributed by atoms with van der Waals surface area (Å²) in [5.41, 5.74) is 4.15. The standard InChI is InChI=1S/C22H32N2O/c1-4-15-9-14-10-19(21(15)23-12-14)22-17(7-5-13(2)3)18-11-16(25)6-8-20(18)24-22/h6,8,11,13-15,19,21,23-25H,4-5,7,9-10,12H2,1-3H3/p+1/t14-,15+,19-,21+/m1/s1. The van der Waals surface area contributed by atoms with E-state index in [1.807, 2.05) is 12.1 Å². The number of nitrogens with one attached hydrogen (secondary N) is 1. The van der Waals surface area contributed by atoms with E-state index < -0.39 is 0 Å². The van der Waals surface area contributed by atoms with Crippen LogP contribution in [-0.2, 0) is 6.42 Å². The first-order chi connectivity index (χ1) is 12.1. The fourth-order valence-corrected chi connectivity index (χ4v) is 5.45. The van der Waals surface area contributed by atoms with Crippen LogP contribution < -0.4 is 5.32 Å². The summed E-state index contributed by atoms with van der Waals surface area (Å²) >= 11 is 0. The predicted octanol–water partition coefficient (Wildman–Crippen LogP) is 3.93. The Hall–Kier alpha value is -1.48. The van der Waals surface area contributed by atoms with Crippen LogP contribution in [-0.4, -0.2) is 22.7 Å². The van der Waals surface area contributed by atoms with E-state index in [-0.39, 0.29) is 0 Å². The summed E-state index contributed by atoms with van der Waals surface area (Å²) in [5.74, 6) is 3.46. The van der Waals surface area contributed by atoms with Crippen molar-refractivity contribution >= 4 is 10.9 Å². The molecule has 4 atom stereocenters. The maximum Gasteiger partial charge on any atom is 0.116 e. The summed E-state index contributed by atoms with van der Waals surface area (Å²) in [7, 11) is 0. The number of aromatic hydroxyl groups is 1. The average molecular weight is 342 g/mol. The van der Waals surface area contributed by atoms with Gasteiger partial charge in [-0.15, -0.1) is 0 Å². The molecule has 0 radical (unpaired) electrons. The summed E-state index contributed by atoms with van der Waals surface area (Å²) in [4.78, 5) is 3.78. The lowest BCUT2D eigenvalue weighted by Crippen LogP contribution is -2.97. The number of benzene rings is 1. The highest BCUT2D eigenvalue weighted by Crippen LogP contribution is 2.44. The summed E-state index contributed by atoms with van der Waals surface area (Å²) in [6, 6.07) is 6.56. The number of quaternary nitrogens is 1. The van der Waals surface area contributed by atoms with Crippen molar-refractivity contribution < 1.29 is 10.4 Å². The Morgan fingerprint density at radius 3 is 2.84 bits per heavy atom. The number of hydrogen-bond acceptors (Lipinski definition) is 1. The molecular formula is C22H33N2O+. The molecule has 1 saturated carbocycles. The topological polar surface area (TPSA) is 52.6 Å².